The number of hydrogen-bond donors (Lipinski definition) is 1. The first-order valence-corrected chi connectivity index (χ1v) is 12.3. The number of aryl methyl sites for hydroxylation is 1. The number of rotatable bonds is 10. The number of amides is 1. The number of hydrogen-bond acceptors (Lipinski definition) is 8. The fraction of sp³-hybridized carbons (Fsp3) is 0.542. The van der Waals surface area contributed by atoms with Crippen LogP contribution in [0.3, 0.4) is 0 Å². The van der Waals surface area contributed by atoms with E-state index in [1.54, 1.807) is 6.07 Å². The fourth-order valence-corrected chi connectivity index (χ4v) is 4.79. The summed E-state index contributed by atoms with van der Waals surface area (Å²) in [7, 11) is 0. The summed E-state index contributed by atoms with van der Waals surface area (Å²) < 4.78 is 11.4. The van der Waals surface area contributed by atoms with E-state index in [-0.39, 0.29) is 12.1 Å². The molecule has 9 heteroatoms. The van der Waals surface area contributed by atoms with E-state index < -0.39 is 0 Å². The molecule has 1 N–H and O–H groups in total. The van der Waals surface area contributed by atoms with Crippen molar-refractivity contribution in [1.82, 2.24) is 20.1 Å². The Morgan fingerprint density at radius 3 is 2.76 bits per heavy atom. The molecule has 2 aromatic rings. The number of thiazole rings is 1. The third-order valence-electron chi connectivity index (χ3n) is 5.79. The second kappa shape index (κ2) is 12.1. The molecule has 33 heavy (non-hydrogen) atoms. The maximum atomic E-state index is 12.7. The Morgan fingerprint density at radius 2 is 2.09 bits per heavy atom. The van der Waals surface area contributed by atoms with Crippen LogP contribution < -0.4 is 10.1 Å². The molecule has 8 nitrogen and oxygen atoms in total. The second-order valence-electron chi connectivity index (χ2n) is 7.90. The molecule has 1 aromatic heterocycles. The van der Waals surface area contributed by atoms with E-state index in [1.165, 1.54) is 11.3 Å². The van der Waals surface area contributed by atoms with Gasteiger partial charge >= 0.3 is 0 Å². The van der Waals surface area contributed by atoms with Crippen LogP contribution in [0.2, 0.25) is 0 Å². The van der Waals surface area contributed by atoms with Gasteiger partial charge in [-0.05, 0) is 45.1 Å². The normalized spacial score (nSPS) is 15.3. The number of nitrogens with one attached hydrogen (secondary N) is 1. The summed E-state index contributed by atoms with van der Waals surface area (Å²) in [5.74, 6) is 0.438. The largest absolute Gasteiger partial charge is 0.474 e. The molecule has 0 aliphatic carbocycles. The monoisotopic (exact) mass is 471 g/mol. The minimum absolute atomic E-state index is 0.113. The highest BCUT2D eigenvalue weighted by Gasteiger charge is 2.19. The summed E-state index contributed by atoms with van der Waals surface area (Å²) in [5, 5.41) is 13.4. The zero-order chi connectivity index (χ0) is 23.8. The van der Waals surface area contributed by atoms with E-state index in [1.807, 2.05) is 26.0 Å². The number of ether oxygens (including phenoxy) is 2. The molecule has 178 valence electrons. The highest BCUT2D eigenvalue weighted by atomic mass is 32.1. The molecule has 0 bridgehead atoms. The van der Waals surface area contributed by atoms with E-state index in [0.717, 1.165) is 51.5 Å². The summed E-state index contributed by atoms with van der Waals surface area (Å²) >= 11 is 1.34. The summed E-state index contributed by atoms with van der Waals surface area (Å²) in [4.78, 5) is 22.4. The Balaban J connectivity index is 1.67. The molecule has 1 unspecified atom stereocenters. The van der Waals surface area contributed by atoms with Gasteiger partial charge in [-0.25, -0.2) is 4.98 Å². The van der Waals surface area contributed by atoms with Crippen molar-refractivity contribution < 1.29 is 14.3 Å². The van der Waals surface area contributed by atoms with Gasteiger partial charge < -0.3 is 14.8 Å². The van der Waals surface area contributed by atoms with Gasteiger partial charge in [0.1, 0.15) is 27.9 Å². The van der Waals surface area contributed by atoms with Crippen LogP contribution in [-0.2, 0) is 4.74 Å². The van der Waals surface area contributed by atoms with Gasteiger partial charge in [-0.3, -0.25) is 14.6 Å². The van der Waals surface area contributed by atoms with Crippen LogP contribution in [0.1, 0.15) is 41.7 Å². The number of carbonyl (C=O) groups is 1. The van der Waals surface area contributed by atoms with Gasteiger partial charge in [0, 0.05) is 31.7 Å². The van der Waals surface area contributed by atoms with Crippen molar-refractivity contribution in [2.45, 2.75) is 33.9 Å². The van der Waals surface area contributed by atoms with Crippen molar-refractivity contribution in [3.05, 3.63) is 34.3 Å². The highest BCUT2D eigenvalue weighted by molar-refractivity contribution is 7.17. The number of nitriles is 1. The molecular weight excluding hydrogens is 438 g/mol. The molecule has 0 spiro atoms. The molecule has 1 atom stereocenters. The number of benzene rings is 1. The molecule has 2 heterocycles. The minimum atomic E-state index is -0.132. The van der Waals surface area contributed by atoms with E-state index in [2.05, 4.69) is 40.0 Å². The molecule has 1 aliphatic rings. The molecule has 1 aromatic carbocycles. The van der Waals surface area contributed by atoms with Crippen LogP contribution in [-0.4, -0.2) is 79.4 Å². The lowest BCUT2D eigenvalue weighted by atomic mass is 10.1. The van der Waals surface area contributed by atoms with Crippen LogP contribution in [0.15, 0.2) is 18.2 Å². The van der Waals surface area contributed by atoms with Gasteiger partial charge in [-0.1, -0.05) is 13.8 Å². The third kappa shape index (κ3) is 6.51. The van der Waals surface area contributed by atoms with Gasteiger partial charge in [0.15, 0.2) is 0 Å². The summed E-state index contributed by atoms with van der Waals surface area (Å²) in [6.07, 6.45) is -0.132. The molecular formula is C24H33N5O3S. The average molecular weight is 472 g/mol. The Bertz CT molecular complexity index is 977. The summed E-state index contributed by atoms with van der Waals surface area (Å²) in [6.45, 7) is 14.4. The molecule has 1 amide bonds. The van der Waals surface area contributed by atoms with Crippen LogP contribution in [0, 0.1) is 18.3 Å². The van der Waals surface area contributed by atoms with Crippen molar-refractivity contribution in [2.24, 2.45) is 0 Å². The molecule has 3 rings (SSSR count). The SMILES string of the molecule is CCN(CC)C(C)Oc1ccc(-c2nc(C)c(C(=O)NCCN3CCOCC3)s2)cc1C#N. The molecule has 1 aliphatic heterocycles. The average Bonchev–Trinajstić information content (AvgIpc) is 3.22. The van der Waals surface area contributed by atoms with E-state index in [9.17, 15) is 10.1 Å². The van der Waals surface area contributed by atoms with Crippen molar-refractivity contribution >= 4 is 17.2 Å². The first-order chi connectivity index (χ1) is 16.0. The first kappa shape index (κ1) is 25.1. The second-order valence-corrected chi connectivity index (χ2v) is 8.90. The number of morpholine rings is 1. The van der Waals surface area contributed by atoms with Gasteiger partial charge in [0.25, 0.3) is 5.91 Å². The fourth-order valence-electron chi connectivity index (χ4n) is 3.81. The highest BCUT2D eigenvalue weighted by Crippen LogP contribution is 2.31. The zero-order valence-corrected chi connectivity index (χ0v) is 20.7. The predicted octanol–water partition coefficient (Wildman–Crippen LogP) is 3.12. The van der Waals surface area contributed by atoms with E-state index in [0.29, 0.717) is 33.4 Å². The Labute approximate surface area is 200 Å². The lowest BCUT2D eigenvalue weighted by molar-refractivity contribution is 0.0383. The maximum absolute atomic E-state index is 12.7. The zero-order valence-electron chi connectivity index (χ0n) is 19.9. The predicted molar refractivity (Wildman–Crippen MR) is 130 cm³/mol. The summed E-state index contributed by atoms with van der Waals surface area (Å²) in [5.41, 5.74) is 1.94. The Hall–Kier alpha value is -2.51. The minimum Gasteiger partial charge on any atom is -0.474 e. The van der Waals surface area contributed by atoms with Gasteiger partial charge in [-0.2, -0.15) is 5.26 Å². The maximum Gasteiger partial charge on any atom is 0.263 e. The topological polar surface area (TPSA) is 90.7 Å². The van der Waals surface area contributed by atoms with Crippen LogP contribution in [0.4, 0.5) is 0 Å². The Kier molecular flexibility index (Phi) is 9.21. The molecule has 0 radical (unpaired) electrons. The lowest BCUT2D eigenvalue weighted by Gasteiger charge is -2.27. The Morgan fingerprint density at radius 1 is 1.36 bits per heavy atom. The third-order valence-corrected chi connectivity index (χ3v) is 7.00. The smallest absolute Gasteiger partial charge is 0.263 e. The lowest BCUT2D eigenvalue weighted by Crippen LogP contribution is -2.41. The quantitative estimate of drug-likeness (QED) is 0.533. The van der Waals surface area contributed by atoms with Gasteiger partial charge in [-0.15, -0.1) is 11.3 Å². The molecule has 1 saturated heterocycles. The van der Waals surface area contributed by atoms with Crippen molar-refractivity contribution in [1.29, 1.82) is 5.26 Å². The first-order valence-electron chi connectivity index (χ1n) is 11.5. The van der Waals surface area contributed by atoms with Gasteiger partial charge in [0.05, 0.1) is 24.5 Å². The standard InChI is InChI=1S/C24H33N5O3S/c1-5-29(6-2)18(4)32-21-8-7-19(15-20(21)16-25)24-27-17(3)22(33-24)23(30)26-9-10-28-11-13-31-14-12-28/h7-8,15,18H,5-6,9-14H2,1-4H3,(H,26,30). The number of carbonyl (C=O) groups excluding carboxylic acids is 1. The van der Waals surface area contributed by atoms with Crippen molar-refractivity contribution in [3.63, 3.8) is 0 Å². The van der Waals surface area contributed by atoms with Crippen LogP contribution in [0.25, 0.3) is 10.6 Å². The van der Waals surface area contributed by atoms with Crippen molar-refractivity contribution in [3.8, 4) is 22.4 Å². The molecule has 0 saturated carbocycles. The van der Waals surface area contributed by atoms with E-state index in [4.69, 9.17) is 9.47 Å². The van der Waals surface area contributed by atoms with Crippen molar-refractivity contribution in [2.75, 3.05) is 52.5 Å². The number of nitrogens with zero attached hydrogens (tertiary/aromatic N) is 4. The summed E-state index contributed by atoms with van der Waals surface area (Å²) in [6, 6.07) is 7.71. The molecule has 1 fully saturated rings. The van der Waals surface area contributed by atoms with Crippen LogP contribution >= 0.6 is 11.3 Å². The van der Waals surface area contributed by atoms with E-state index >= 15 is 0 Å². The van der Waals surface area contributed by atoms with Gasteiger partial charge in [0.2, 0.25) is 0 Å². The number of aromatic nitrogens is 1. The van der Waals surface area contributed by atoms with Crippen LogP contribution in [0.5, 0.6) is 5.75 Å².